The first kappa shape index (κ1) is 16.3. The van der Waals surface area contributed by atoms with Gasteiger partial charge in [-0.15, -0.1) is 11.3 Å². The molecule has 0 aliphatic carbocycles. The smallest absolute Gasteiger partial charge is 0.144 e. The van der Waals surface area contributed by atoms with Crippen LogP contribution in [0, 0.1) is 6.92 Å². The van der Waals surface area contributed by atoms with E-state index < -0.39 is 0 Å². The van der Waals surface area contributed by atoms with Gasteiger partial charge in [0.25, 0.3) is 0 Å². The van der Waals surface area contributed by atoms with Gasteiger partial charge in [-0.05, 0) is 29.3 Å². The minimum atomic E-state index is 0.451. The molecule has 7 heteroatoms. The van der Waals surface area contributed by atoms with Crippen LogP contribution >= 0.6 is 27.3 Å². The first-order valence-electron chi connectivity index (χ1n) is 6.83. The Kier molecular flexibility index (Phi) is 6.08. The molecule has 0 radical (unpaired) electrons. The Morgan fingerprint density at radius 1 is 1.33 bits per heavy atom. The Bertz CT molecular complexity index is 603. The van der Waals surface area contributed by atoms with Gasteiger partial charge >= 0.3 is 0 Å². The quantitative estimate of drug-likeness (QED) is 0.807. The molecule has 2 aromatic rings. The van der Waals surface area contributed by atoms with E-state index in [4.69, 9.17) is 4.74 Å². The fourth-order valence-corrected chi connectivity index (χ4v) is 2.91. The summed E-state index contributed by atoms with van der Waals surface area (Å²) in [4.78, 5) is 13.6. The average Bonchev–Trinajstić information content (AvgIpc) is 2.86. The maximum absolute atomic E-state index is 5.22. The van der Waals surface area contributed by atoms with Crippen LogP contribution in [0.15, 0.2) is 9.85 Å². The molecule has 5 nitrogen and oxygen atoms in total. The number of hydrogen-bond acceptors (Lipinski definition) is 6. The summed E-state index contributed by atoms with van der Waals surface area (Å²) >= 11 is 5.20. The number of aryl methyl sites for hydroxylation is 1. The zero-order valence-corrected chi connectivity index (χ0v) is 14.8. The fourth-order valence-electron chi connectivity index (χ4n) is 1.87. The molecule has 0 fully saturated rings. The minimum absolute atomic E-state index is 0.451. The van der Waals surface area contributed by atoms with Crippen LogP contribution in [0.3, 0.4) is 0 Å². The molecule has 0 saturated heterocycles. The van der Waals surface area contributed by atoms with Crippen molar-refractivity contribution in [3.05, 3.63) is 32.1 Å². The zero-order valence-electron chi connectivity index (χ0n) is 12.4. The van der Waals surface area contributed by atoms with Gasteiger partial charge in [0.15, 0.2) is 0 Å². The van der Waals surface area contributed by atoms with Crippen molar-refractivity contribution in [2.75, 3.05) is 19.0 Å². The lowest BCUT2D eigenvalue weighted by molar-refractivity contribution is 0.180. The van der Waals surface area contributed by atoms with Crippen LogP contribution < -0.4 is 5.32 Å². The molecule has 0 aliphatic heterocycles. The number of thiazole rings is 1. The van der Waals surface area contributed by atoms with Crippen LogP contribution in [-0.2, 0) is 17.8 Å². The highest BCUT2D eigenvalue weighted by Gasteiger charge is 2.13. The van der Waals surface area contributed by atoms with E-state index in [-0.39, 0.29) is 0 Å². The SMILES string of the molecule is CCCNc1nc(Cc2csc(C)n2)nc(COC)c1Br. The highest BCUT2D eigenvalue weighted by molar-refractivity contribution is 9.10. The Balaban J connectivity index is 2.28. The van der Waals surface area contributed by atoms with Crippen molar-refractivity contribution >= 4 is 33.1 Å². The van der Waals surface area contributed by atoms with Crippen molar-refractivity contribution in [1.82, 2.24) is 15.0 Å². The Labute approximate surface area is 137 Å². The highest BCUT2D eigenvalue weighted by Crippen LogP contribution is 2.25. The summed E-state index contributed by atoms with van der Waals surface area (Å²) < 4.78 is 6.09. The van der Waals surface area contributed by atoms with Crippen LogP contribution in [0.25, 0.3) is 0 Å². The Hall–Kier alpha value is -1.05. The van der Waals surface area contributed by atoms with Crippen LogP contribution in [0.1, 0.15) is 35.6 Å². The maximum atomic E-state index is 5.22. The van der Waals surface area contributed by atoms with Gasteiger partial charge in [0, 0.05) is 19.0 Å². The number of ether oxygens (including phenoxy) is 1. The van der Waals surface area contributed by atoms with Crippen LogP contribution in [0.4, 0.5) is 5.82 Å². The lowest BCUT2D eigenvalue weighted by Crippen LogP contribution is -2.10. The third-order valence-corrected chi connectivity index (χ3v) is 4.45. The molecule has 1 N–H and O–H groups in total. The van der Waals surface area contributed by atoms with E-state index in [1.807, 2.05) is 6.92 Å². The van der Waals surface area contributed by atoms with Gasteiger partial charge in [0.05, 0.1) is 33.9 Å². The average molecular weight is 371 g/mol. The molecule has 0 aromatic carbocycles. The number of aromatic nitrogens is 3. The number of methoxy groups -OCH3 is 1. The third-order valence-electron chi connectivity index (χ3n) is 2.80. The monoisotopic (exact) mass is 370 g/mol. The predicted molar refractivity (Wildman–Crippen MR) is 88.9 cm³/mol. The molecule has 0 amide bonds. The van der Waals surface area contributed by atoms with Crippen molar-refractivity contribution in [2.24, 2.45) is 0 Å². The standard InChI is InChI=1S/C14H19BrN4OS/c1-4-5-16-14-13(15)11(7-20-3)18-12(19-14)6-10-8-21-9(2)17-10/h8H,4-7H2,1-3H3,(H,16,18,19). The Morgan fingerprint density at radius 3 is 2.76 bits per heavy atom. The molecular formula is C14H19BrN4OS. The van der Waals surface area contributed by atoms with Crippen LogP contribution in [0.5, 0.6) is 0 Å². The molecule has 0 bridgehead atoms. The number of rotatable bonds is 7. The number of halogens is 1. The number of nitrogens with one attached hydrogen (secondary N) is 1. The molecule has 0 aliphatic rings. The van der Waals surface area contributed by atoms with Gasteiger partial charge in [-0.1, -0.05) is 6.92 Å². The third kappa shape index (κ3) is 4.46. The fraction of sp³-hybridized carbons (Fsp3) is 0.500. The second kappa shape index (κ2) is 7.82. The maximum Gasteiger partial charge on any atom is 0.144 e. The highest BCUT2D eigenvalue weighted by atomic mass is 79.9. The molecule has 0 spiro atoms. The van der Waals surface area contributed by atoms with E-state index in [9.17, 15) is 0 Å². The molecule has 114 valence electrons. The van der Waals surface area contributed by atoms with Crippen molar-refractivity contribution in [3.8, 4) is 0 Å². The van der Waals surface area contributed by atoms with Crippen molar-refractivity contribution in [2.45, 2.75) is 33.3 Å². The minimum Gasteiger partial charge on any atom is -0.378 e. The Morgan fingerprint density at radius 2 is 2.14 bits per heavy atom. The summed E-state index contributed by atoms with van der Waals surface area (Å²) in [5, 5.41) is 6.43. The van der Waals surface area contributed by atoms with E-state index in [0.29, 0.717) is 13.0 Å². The second-order valence-electron chi connectivity index (χ2n) is 4.64. The van der Waals surface area contributed by atoms with Crippen molar-refractivity contribution < 1.29 is 4.74 Å². The summed E-state index contributed by atoms with van der Waals surface area (Å²) in [6.45, 7) is 5.45. The molecule has 21 heavy (non-hydrogen) atoms. The van der Waals surface area contributed by atoms with Gasteiger partial charge < -0.3 is 10.1 Å². The number of hydrogen-bond donors (Lipinski definition) is 1. The van der Waals surface area contributed by atoms with Crippen LogP contribution in [-0.4, -0.2) is 28.6 Å². The van der Waals surface area contributed by atoms with E-state index in [1.54, 1.807) is 18.4 Å². The first-order chi connectivity index (χ1) is 10.1. The topological polar surface area (TPSA) is 59.9 Å². The van der Waals surface area contributed by atoms with Gasteiger partial charge in [-0.2, -0.15) is 0 Å². The molecular weight excluding hydrogens is 352 g/mol. The normalized spacial score (nSPS) is 10.9. The van der Waals surface area contributed by atoms with Crippen molar-refractivity contribution in [1.29, 1.82) is 0 Å². The van der Waals surface area contributed by atoms with E-state index in [2.05, 4.69) is 48.5 Å². The van der Waals surface area contributed by atoms with E-state index >= 15 is 0 Å². The summed E-state index contributed by atoms with van der Waals surface area (Å²) in [7, 11) is 1.66. The summed E-state index contributed by atoms with van der Waals surface area (Å²) in [6, 6.07) is 0. The molecule has 2 aromatic heterocycles. The van der Waals surface area contributed by atoms with Gasteiger partial charge in [0.1, 0.15) is 11.6 Å². The lowest BCUT2D eigenvalue weighted by Gasteiger charge is -2.12. The molecule has 2 rings (SSSR count). The molecule has 0 saturated carbocycles. The zero-order chi connectivity index (χ0) is 15.2. The number of anilines is 1. The molecule has 0 atom stereocenters. The molecule has 0 unspecified atom stereocenters. The van der Waals surface area contributed by atoms with Crippen LogP contribution in [0.2, 0.25) is 0 Å². The summed E-state index contributed by atoms with van der Waals surface area (Å²) in [5.41, 5.74) is 1.86. The predicted octanol–water partition coefficient (Wildman–Crippen LogP) is 3.56. The van der Waals surface area contributed by atoms with E-state index in [0.717, 1.165) is 45.5 Å². The summed E-state index contributed by atoms with van der Waals surface area (Å²) in [5.74, 6) is 1.58. The largest absolute Gasteiger partial charge is 0.378 e. The molecule has 2 heterocycles. The van der Waals surface area contributed by atoms with Gasteiger partial charge in [-0.3, -0.25) is 0 Å². The summed E-state index contributed by atoms with van der Waals surface area (Å²) in [6.07, 6.45) is 1.67. The second-order valence-corrected chi connectivity index (χ2v) is 6.50. The lowest BCUT2D eigenvalue weighted by atomic mass is 10.3. The van der Waals surface area contributed by atoms with E-state index in [1.165, 1.54) is 0 Å². The first-order valence-corrected chi connectivity index (χ1v) is 8.50. The van der Waals surface area contributed by atoms with Gasteiger partial charge in [0.2, 0.25) is 0 Å². The van der Waals surface area contributed by atoms with Gasteiger partial charge in [-0.25, -0.2) is 15.0 Å². The number of nitrogens with zero attached hydrogens (tertiary/aromatic N) is 3. The van der Waals surface area contributed by atoms with Crippen molar-refractivity contribution in [3.63, 3.8) is 0 Å².